The van der Waals surface area contributed by atoms with Gasteiger partial charge in [-0.15, -0.1) is 0 Å². The van der Waals surface area contributed by atoms with Gasteiger partial charge in [-0.05, 0) is 54.6 Å². The van der Waals surface area contributed by atoms with Gasteiger partial charge in [-0.2, -0.15) is 5.10 Å². The quantitative estimate of drug-likeness (QED) is 0.367. The molecule has 4 amide bonds. The first-order valence-electron chi connectivity index (χ1n) is 15.9. The second-order valence-corrected chi connectivity index (χ2v) is 13.6. The molecule has 12 nitrogen and oxygen atoms in total. The standard InChI is InChI=1S/C34H36ClN7O5/c1-39-15-22(11-24(18-39)37-27-13-36-40(2)34(47)30(27)35)20-5-3-19(4-6-20)14-41-16-23(17-41)21-7-8-25-26(12-21)33(46)42(32(25)45)28-9-10-29(43)38-31(28)44/h3-8,12-13,22-24,28,37H,9-11,14-18H2,1-2H3,(H,38,43,44)/t22-,24+,28?/m1/s1. The molecule has 0 spiro atoms. The molecule has 0 bridgehead atoms. The van der Waals surface area contributed by atoms with Gasteiger partial charge in [0.25, 0.3) is 17.4 Å². The Bertz CT molecular complexity index is 1840. The number of imide groups is 2. The lowest BCUT2D eigenvalue weighted by Gasteiger charge is -2.40. The summed E-state index contributed by atoms with van der Waals surface area (Å²) in [5.41, 5.74) is 4.36. The van der Waals surface area contributed by atoms with Crippen molar-refractivity contribution < 1.29 is 19.2 Å². The van der Waals surface area contributed by atoms with E-state index >= 15 is 0 Å². The highest BCUT2D eigenvalue weighted by atomic mass is 35.5. The van der Waals surface area contributed by atoms with E-state index in [4.69, 9.17) is 11.6 Å². The van der Waals surface area contributed by atoms with Gasteiger partial charge < -0.3 is 10.2 Å². The Labute approximate surface area is 276 Å². The lowest BCUT2D eigenvalue weighted by atomic mass is 9.87. The third-order valence-electron chi connectivity index (χ3n) is 9.82. The van der Waals surface area contributed by atoms with Gasteiger partial charge >= 0.3 is 0 Å². The number of hydrogen-bond donors (Lipinski definition) is 2. The largest absolute Gasteiger partial charge is 0.378 e. The van der Waals surface area contributed by atoms with E-state index in [1.165, 1.54) is 15.8 Å². The first kappa shape index (κ1) is 31.2. The van der Waals surface area contributed by atoms with Crippen molar-refractivity contribution in [2.24, 2.45) is 7.05 Å². The number of likely N-dealkylation sites (N-methyl/N-ethyl adjacent to an activating group) is 1. The highest BCUT2D eigenvalue weighted by molar-refractivity contribution is 6.33. The SMILES string of the molecule is CN1C[C@@H](Nc2cnn(C)c(=O)c2Cl)C[C@@H](c2ccc(CN3CC(c4ccc5c(c4)C(=O)N(C4CCC(=O)NC4=O)C5=O)C3)cc2)C1. The highest BCUT2D eigenvalue weighted by Gasteiger charge is 2.45. The summed E-state index contributed by atoms with van der Waals surface area (Å²) >= 11 is 6.30. The van der Waals surface area contributed by atoms with E-state index in [1.54, 1.807) is 25.4 Å². The zero-order chi connectivity index (χ0) is 33.0. The van der Waals surface area contributed by atoms with E-state index in [-0.39, 0.29) is 35.4 Å². The number of benzene rings is 2. The van der Waals surface area contributed by atoms with Crippen molar-refractivity contribution in [1.82, 2.24) is 29.8 Å². The van der Waals surface area contributed by atoms with Gasteiger partial charge in [-0.3, -0.25) is 39.1 Å². The molecule has 2 N–H and O–H groups in total. The minimum absolute atomic E-state index is 0.0956. The topological polar surface area (TPSA) is 137 Å². The van der Waals surface area contributed by atoms with Gasteiger partial charge in [0.2, 0.25) is 11.8 Å². The summed E-state index contributed by atoms with van der Waals surface area (Å²) < 4.78 is 1.23. The number of fused-ring (bicyclic) bond motifs is 1. The maximum Gasteiger partial charge on any atom is 0.287 e. The van der Waals surface area contributed by atoms with Gasteiger partial charge in [-0.1, -0.05) is 41.9 Å². The number of halogens is 1. The molecule has 2 aromatic carbocycles. The number of rotatable bonds is 7. The van der Waals surface area contributed by atoms with Crippen LogP contribution in [0.4, 0.5) is 5.69 Å². The molecule has 0 saturated carbocycles. The highest BCUT2D eigenvalue weighted by Crippen LogP contribution is 2.34. The monoisotopic (exact) mass is 657 g/mol. The Hall–Kier alpha value is -4.39. The fourth-order valence-corrected chi connectivity index (χ4v) is 7.53. The molecule has 1 aromatic heterocycles. The maximum absolute atomic E-state index is 13.2. The summed E-state index contributed by atoms with van der Waals surface area (Å²) in [6.45, 7) is 4.25. The number of carbonyl (C=O) groups is 4. The van der Waals surface area contributed by atoms with Gasteiger partial charge in [-0.25, -0.2) is 4.68 Å². The Morgan fingerprint density at radius 3 is 2.36 bits per heavy atom. The number of nitrogens with one attached hydrogen (secondary N) is 2. The van der Waals surface area contributed by atoms with Gasteiger partial charge in [0.1, 0.15) is 11.1 Å². The predicted molar refractivity (Wildman–Crippen MR) is 174 cm³/mol. The zero-order valence-corrected chi connectivity index (χ0v) is 27.0. The maximum atomic E-state index is 13.2. The average Bonchev–Trinajstić information content (AvgIpc) is 3.27. The molecule has 47 heavy (non-hydrogen) atoms. The zero-order valence-electron chi connectivity index (χ0n) is 26.2. The van der Waals surface area contributed by atoms with Crippen LogP contribution in [0.1, 0.15) is 68.5 Å². The van der Waals surface area contributed by atoms with Crippen LogP contribution >= 0.6 is 11.6 Å². The number of piperidine rings is 2. The molecule has 3 atom stereocenters. The average molecular weight is 658 g/mol. The number of anilines is 1. The molecule has 3 fully saturated rings. The molecule has 3 saturated heterocycles. The minimum Gasteiger partial charge on any atom is -0.378 e. The molecule has 7 rings (SSSR count). The van der Waals surface area contributed by atoms with E-state index in [9.17, 15) is 24.0 Å². The van der Waals surface area contributed by atoms with Gasteiger partial charge in [0.15, 0.2) is 0 Å². The van der Waals surface area contributed by atoms with Crippen molar-refractivity contribution in [3.63, 3.8) is 0 Å². The molecule has 0 radical (unpaired) electrons. The second-order valence-electron chi connectivity index (χ2n) is 13.2. The summed E-state index contributed by atoms with van der Waals surface area (Å²) in [4.78, 5) is 68.0. The van der Waals surface area contributed by atoms with Crippen molar-refractivity contribution in [2.45, 2.75) is 49.7 Å². The number of aryl methyl sites for hydroxylation is 1. The van der Waals surface area contributed by atoms with Gasteiger partial charge in [0.05, 0.1) is 23.0 Å². The van der Waals surface area contributed by atoms with Crippen molar-refractivity contribution in [1.29, 1.82) is 0 Å². The van der Waals surface area contributed by atoms with E-state index in [2.05, 4.69) is 56.8 Å². The summed E-state index contributed by atoms with van der Waals surface area (Å²) in [6, 6.07) is 13.3. The van der Waals surface area contributed by atoms with E-state index in [0.717, 1.165) is 49.6 Å². The molecule has 4 aliphatic rings. The number of carbonyl (C=O) groups excluding carboxylic acids is 4. The van der Waals surface area contributed by atoms with Crippen LogP contribution in [-0.2, 0) is 23.2 Å². The van der Waals surface area contributed by atoms with Crippen LogP contribution in [-0.4, -0.2) is 93.4 Å². The first-order chi connectivity index (χ1) is 22.5. The molecule has 5 heterocycles. The van der Waals surface area contributed by atoms with Crippen LogP contribution in [0.15, 0.2) is 53.5 Å². The van der Waals surface area contributed by atoms with Crippen molar-refractivity contribution in [3.8, 4) is 0 Å². The fourth-order valence-electron chi connectivity index (χ4n) is 7.30. The Morgan fingerprint density at radius 1 is 0.894 bits per heavy atom. The number of amides is 4. The molecular weight excluding hydrogens is 622 g/mol. The Balaban J connectivity index is 0.945. The Morgan fingerprint density at radius 2 is 1.62 bits per heavy atom. The summed E-state index contributed by atoms with van der Waals surface area (Å²) in [5.74, 6) is -1.39. The van der Waals surface area contributed by atoms with Crippen LogP contribution in [0.3, 0.4) is 0 Å². The molecule has 13 heteroatoms. The lowest BCUT2D eigenvalue weighted by molar-refractivity contribution is -0.136. The van der Waals surface area contributed by atoms with Gasteiger partial charge in [0, 0.05) is 58.2 Å². The smallest absolute Gasteiger partial charge is 0.287 e. The molecule has 244 valence electrons. The number of aromatic nitrogens is 2. The molecule has 1 unspecified atom stereocenters. The number of hydrogen-bond acceptors (Lipinski definition) is 9. The summed E-state index contributed by atoms with van der Waals surface area (Å²) in [7, 11) is 3.68. The third-order valence-corrected chi connectivity index (χ3v) is 10.2. The second kappa shape index (κ2) is 12.3. The normalized spacial score (nSPS) is 23.9. The Kier molecular flexibility index (Phi) is 8.19. The van der Waals surface area contributed by atoms with Crippen LogP contribution in [0, 0.1) is 0 Å². The third kappa shape index (κ3) is 5.97. The minimum atomic E-state index is -0.964. The molecule has 3 aromatic rings. The van der Waals surface area contributed by atoms with Crippen LogP contribution in [0.2, 0.25) is 5.02 Å². The first-order valence-corrected chi connectivity index (χ1v) is 16.3. The molecular formula is C34H36ClN7O5. The number of likely N-dealkylation sites (tertiary alicyclic amines) is 2. The lowest BCUT2D eigenvalue weighted by Crippen LogP contribution is -2.54. The van der Waals surface area contributed by atoms with E-state index in [0.29, 0.717) is 22.7 Å². The fraction of sp³-hybridized carbons (Fsp3) is 0.412. The van der Waals surface area contributed by atoms with Crippen molar-refractivity contribution in [2.75, 3.05) is 38.5 Å². The number of nitrogens with zero attached hydrogens (tertiary/aromatic N) is 5. The van der Waals surface area contributed by atoms with Crippen molar-refractivity contribution >= 4 is 40.9 Å². The van der Waals surface area contributed by atoms with Crippen LogP contribution < -0.4 is 16.2 Å². The predicted octanol–water partition coefficient (Wildman–Crippen LogP) is 2.33. The summed E-state index contributed by atoms with van der Waals surface area (Å²) in [6.07, 6.45) is 2.74. The van der Waals surface area contributed by atoms with Crippen LogP contribution in [0.25, 0.3) is 0 Å². The molecule has 4 aliphatic heterocycles. The van der Waals surface area contributed by atoms with E-state index < -0.39 is 29.7 Å². The summed E-state index contributed by atoms with van der Waals surface area (Å²) in [5, 5.41) is 9.92. The van der Waals surface area contributed by atoms with E-state index in [1.807, 2.05) is 6.07 Å². The van der Waals surface area contributed by atoms with Crippen molar-refractivity contribution in [3.05, 3.63) is 91.9 Å². The van der Waals surface area contributed by atoms with Crippen LogP contribution in [0.5, 0.6) is 0 Å². The molecule has 0 aliphatic carbocycles.